The summed E-state index contributed by atoms with van der Waals surface area (Å²) in [5, 5.41) is 4.30. The molecule has 2 aromatic carbocycles. The summed E-state index contributed by atoms with van der Waals surface area (Å²) in [7, 11) is 1.69. The van der Waals surface area contributed by atoms with Crippen molar-refractivity contribution in [3.05, 3.63) is 65.9 Å². The summed E-state index contributed by atoms with van der Waals surface area (Å²) in [5.41, 5.74) is 9.09. The normalized spacial score (nSPS) is 10.8. The van der Waals surface area contributed by atoms with E-state index in [0.717, 1.165) is 29.7 Å². The number of methoxy groups -OCH3 is 1. The summed E-state index contributed by atoms with van der Waals surface area (Å²) in [4.78, 5) is 15.3. The predicted octanol–water partition coefficient (Wildman–Crippen LogP) is 2.66. The lowest BCUT2D eigenvalue weighted by atomic mass is 10.2. The van der Waals surface area contributed by atoms with Gasteiger partial charge in [-0.3, -0.25) is 15.6 Å². The van der Waals surface area contributed by atoms with Gasteiger partial charge < -0.3 is 15.0 Å². The number of carbonyl (C=O) groups is 1. The number of carbonyl (C=O) groups excluding carboxylic acids is 1. The molecule has 3 aromatic rings. The van der Waals surface area contributed by atoms with E-state index in [1.54, 1.807) is 7.11 Å². The van der Waals surface area contributed by atoms with Gasteiger partial charge in [0.25, 0.3) is 5.91 Å². The molecule has 0 aliphatic rings. The number of benzene rings is 2. The number of amides is 1. The number of fused-ring (bicyclic) bond motifs is 1. The van der Waals surface area contributed by atoms with Crippen LogP contribution in [0.3, 0.4) is 0 Å². The molecule has 4 N–H and O–H groups in total. The van der Waals surface area contributed by atoms with Crippen LogP contribution in [0.4, 0.5) is 5.69 Å². The summed E-state index contributed by atoms with van der Waals surface area (Å²) >= 11 is 0. The molecule has 0 radical (unpaired) electrons. The fourth-order valence-corrected chi connectivity index (χ4v) is 2.50. The number of aromatic amines is 1. The Hall–Kier alpha value is -2.83. The highest BCUT2D eigenvalue weighted by Gasteiger charge is 2.08. The van der Waals surface area contributed by atoms with Gasteiger partial charge in [0, 0.05) is 31.1 Å². The van der Waals surface area contributed by atoms with Gasteiger partial charge in [-0.1, -0.05) is 30.3 Å². The van der Waals surface area contributed by atoms with Gasteiger partial charge >= 0.3 is 0 Å². The standard InChI is InChI=1S/C19H22N4O2/c1-25-11-10-20-13-14-6-8-16(9-7-14)22-23-19(24)18-12-15-4-2-3-5-17(15)21-18/h2-9,12,20-22H,10-11,13H2,1H3,(H,23,24). The van der Waals surface area contributed by atoms with E-state index in [1.165, 1.54) is 5.56 Å². The van der Waals surface area contributed by atoms with Gasteiger partial charge in [-0.05, 0) is 29.8 Å². The highest BCUT2D eigenvalue weighted by molar-refractivity contribution is 5.98. The van der Waals surface area contributed by atoms with E-state index in [2.05, 4.69) is 21.2 Å². The topological polar surface area (TPSA) is 78.2 Å². The Balaban J connectivity index is 1.51. The minimum atomic E-state index is -0.207. The van der Waals surface area contributed by atoms with Crippen molar-refractivity contribution in [3.8, 4) is 0 Å². The van der Waals surface area contributed by atoms with Crippen molar-refractivity contribution in [1.29, 1.82) is 0 Å². The first-order valence-corrected chi connectivity index (χ1v) is 8.19. The smallest absolute Gasteiger partial charge is 0.286 e. The number of hydrazine groups is 1. The molecular formula is C19H22N4O2. The van der Waals surface area contributed by atoms with E-state index in [9.17, 15) is 4.79 Å². The summed E-state index contributed by atoms with van der Waals surface area (Å²) in [5.74, 6) is -0.207. The zero-order valence-electron chi connectivity index (χ0n) is 14.1. The molecule has 6 heteroatoms. The van der Waals surface area contributed by atoms with Crippen molar-refractivity contribution in [2.24, 2.45) is 0 Å². The van der Waals surface area contributed by atoms with Gasteiger partial charge in [0.2, 0.25) is 0 Å². The Labute approximate surface area is 146 Å². The van der Waals surface area contributed by atoms with Crippen molar-refractivity contribution in [2.45, 2.75) is 6.54 Å². The molecule has 25 heavy (non-hydrogen) atoms. The van der Waals surface area contributed by atoms with E-state index >= 15 is 0 Å². The van der Waals surface area contributed by atoms with Gasteiger partial charge in [0.05, 0.1) is 12.3 Å². The molecule has 0 spiro atoms. The molecule has 0 aliphatic heterocycles. The van der Waals surface area contributed by atoms with Crippen molar-refractivity contribution in [3.63, 3.8) is 0 Å². The highest BCUT2D eigenvalue weighted by atomic mass is 16.5. The molecule has 0 saturated heterocycles. The molecule has 1 heterocycles. The van der Waals surface area contributed by atoms with Crippen molar-refractivity contribution in [1.82, 2.24) is 15.7 Å². The van der Waals surface area contributed by atoms with E-state index in [-0.39, 0.29) is 5.91 Å². The maximum absolute atomic E-state index is 12.2. The van der Waals surface area contributed by atoms with Crippen LogP contribution in [0.15, 0.2) is 54.6 Å². The lowest BCUT2D eigenvalue weighted by Crippen LogP contribution is -2.29. The number of hydrogen-bond donors (Lipinski definition) is 4. The maximum Gasteiger partial charge on any atom is 0.286 e. The number of H-pyrrole nitrogens is 1. The van der Waals surface area contributed by atoms with Crippen molar-refractivity contribution < 1.29 is 9.53 Å². The second-order valence-corrected chi connectivity index (χ2v) is 5.72. The Morgan fingerprint density at radius 2 is 1.92 bits per heavy atom. The Bertz CT molecular complexity index is 794. The monoisotopic (exact) mass is 338 g/mol. The lowest BCUT2D eigenvalue weighted by molar-refractivity contribution is 0.0958. The average Bonchev–Trinajstić information content (AvgIpc) is 3.08. The summed E-state index contributed by atoms with van der Waals surface area (Å²) in [6.07, 6.45) is 0. The van der Waals surface area contributed by atoms with Gasteiger partial charge in [0.15, 0.2) is 0 Å². The minimum Gasteiger partial charge on any atom is -0.383 e. The van der Waals surface area contributed by atoms with Gasteiger partial charge in [-0.25, -0.2) is 0 Å². The van der Waals surface area contributed by atoms with E-state index in [4.69, 9.17) is 4.74 Å². The maximum atomic E-state index is 12.2. The molecule has 0 saturated carbocycles. The van der Waals surface area contributed by atoms with Crippen LogP contribution in [0.5, 0.6) is 0 Å². The van der Waals surface area contributed by atoms with Crippen LogP contribution in [-0.2, 0) is 11.3 Å². The molecule has 0 aliphatic carbocycles. The second kappa shape index (κ2) is 8.32. The van der Waals surface area contributed by atoms with Crippen LogP contribution < -0.4 is 16.2 Å². The summed E-state index contributed by atoms with van der Waals surface area (Å²) in [6, 6.07) is 17.5. The first-order chi connectivity index (χ1) is 12.3. The fourth-order valence-electron chi connectivity index (χ4n) is 2.50. The molecule has 6 nitrogen and oxygen atoms in total. The molecule has 0 fully saturated rings. The van der Waals surface area contributed by atoms with Crippen molar-refractivity contribution in [2.75, 3.05) is 25.7 Å². The third-order valence-corrected chi connectivity index (χ3v) is 3.86. The van der Waals surface area contributed by atoms with Crippen LogP contribution >= 0.6 is 0 Å². The Morgan fingerprint density at radius 3 is 2.68 bits per heavy atom. The Kier molecular flexibility index (Phi) is 5.66. The van der Waals surface area contributed by atoms with Crippen LogP contribution in [0.25, 0.3) is 10.9 Å². The zero-order valence-corrected chi connectivity index (χ0v) is 14.1. The first kappa shape index (κ1) is 17.0. The molecule has 3 rings (SSSR count). The van der Waals surface area contributed by atoms with E-state index in [0.29, 0.717) is 12.3 Å². The molecule has 0 unspecified atom stereocenters. The van der Waals surface area contributed by atoms with Crippen LogP contribution in [0.2, 0.25) is 0 Å². The van der Waals surface area contributed by atoms with E-state index in [1.807, 2.05) is 54.6 Å². The lowest BCUT2D eigenvalue weighted by Gasteiger charge is -2.09. The summed E-state index contributed by atoms with van der Waals surface area (Å²) in [6.45, 7) is 2.29. The predicted molar refractivity (Wildman–Crippen MR) is 99.4 cm³/mol. The zero-order chi connectivity index (χ0) is 17.5. The van der Waals surface area contributed by atoms with Crippen LogP contribution in [0, 0.1) is 0 Å². The Morgan fingerprint density at radius 1 is 1.12 bits per heavy atom. The minimum absolute atomic E-state index is 0.207. The largest absolute Gasteiger partial charge is 0.383 e. The highest BCUT2D eigenvalue weighted by Crippen LogP contribution is 2.14. The molecule has 0 atom stereocenters. The SMILES string of the molecule is COCCNCc1ccc(NNC(=O)c2cc3ccccc3[nH]2)cc1. The quantitative estimate of drug-likeness (QED) is 0.376. The number of anilines is 1. The molecule has 130 valence electrons. The third-order valence-electron chi connectivity index (χ3n) is 3.86. The molecule has 0 bridgehead atoms. The number of hydrogen-bond acceptors (Lipinski definition) is 4. The molecule has 1 amide bonds. The second-order valence-electron chi connectivity index (χ2n) is 5.72. The third kappa shape index (κ3) is 4.59. The van der Waals surface area contributed by atoms with Crippen LogP contribution in [-0.4, -0.2) is 31.2 Å². The number of rotatable bonds is 8. The number of para-hydroxylation sites is 1. The average molecular weight is 338 g/mol. The molecule has 1 aromatic heterocycles. The van der Waals surface area contributed by atoms with Gasteiger partial charge in [-0.2, -0.15) is 0 Å². The van der Waals surface area contributed by atoms with Gasteiger partial charge in [-0.15, -0.1) is 0 Å². The first-order valence-electron chi connectivity index (χ1n) is 8.19. The number of ether oxygens (including phenoxy) is 1. The van der Waals surface area contributed by atoms with Crippen LogP contribution in [0.1, 0.15) is 16.1 Å². The number of nitrogens with one attached hydrogen (secondary N) is 4. The molecular weight excluding hydrogens is 316 g/mol. The van der Waals surface area contributed by atoms with E-state index < -0.39 is 0 Å². The fraction of sp³-hybridized carbons (Fsp3) is 0.211. The summed E-state index contributed by atoms with van der Waals surface area (Å²) < 4.78 is 4.99. The van der Waals surface area contributed by atoms with Gasteiger partial charge in [0.1, 0.15) is 5.69 Å². The number of aromatic nitrogens is 1. The van der Waals surface area contributed by atoms with Crippen molar-refractivity contribution >= 4 is 22.5 Å².